The van der Waals surface area contributed by atoms with Crippen LogP contribution in [0, 0.1) is 11.8 Å². The van der Waals surface area contributed by atoms with Crippen LogP contribution in [0.15, 0.2) is 0 Å². The maximum Gasteiger partial charge on any atom is 0.303 e. The van der Waals surface area contributed by atoms with Gasteiger partial charge in [-0.15, -0.1) is 0 Å². The van der Waals surface area contributed by atoms with Crippen molar-refractivity contribution >= 4 is 17.8 Å². The lowest BCUT2D eigenvalue weighted by Gasteiger charge is -2.25. The first-order chi connectivity index (χ1) is 8.90. The van der Waals surface area contributed by atoms with Crippen LogP contribution in [0.3, 0.4) is 0 Å². The Kier molecular flexibility index (Phi) is 5.99. The third-order valence-electron chi connectivity index (χ3n) is 3.34. The van der Waals surface area contributed by atoms with Gasteiger partial charge in [-0.2, -0.15) is 0 Å². The fourth-order valence-electron chi connectivity index (χ4n) is 2.56. The van der Waals surface area contributed by atoms with Crippen molar-refractivity contribution in [2.45, 2.75) is 52.4 Å². The molecule has 5 nitrogen and oxygen atoms in total. The summed E-state index contributed by atoms with van der Waals surface area (Å²) >= 11 is 0. The molecule has 0 aliphatic carbocycles. The number of amides is 2. The molecule has 2 amide bonds. The van der Waals surface area contributed by atoms with Gasteiger partial charge in [-0.05, 0) is 31.1 Å². The van der Waals surface area contributed by atoms with Crippen molar-refractivity contribution in [3.8, 4) is 0 Å². The van der Waals surface area contributed by atoms with Crippen LogP contribution < -0.4 is 0 Å². The number of rotatable bonds is 6. The summed E-state index contributed by atoms with van der Waals surface area (Å²) in [6.45, 7) is 4.28. The van der Waals surface area contributed by atoms with E-state index in [1.54, 1.807) is 0 Å². The van der Waals surface area contributed by atoms with E-state index in [1.165, 1.54) is 4.90 Å². The Labute approximate surface area is 114 Å². The first kappa shape index (κ1) is 15.7. The lowest BCUT2D eigenvalue weighted by atomic mass is 9.93. The highest BCUT2D eigenvalue weighted by atomic mass is 16.4. The smallest absolute Gasteiger partial charge is 0.303 e. The molecule has 0 spiro atoms. The molecule has 1 heterocycles. The maximum absolute atomic E-state index is 11.9. The maximum atomic E-state index is 11.9. The van der Waals surface area contributed by atoms with E-state index in [-0.39, 0.29) is 30.7 Å². The molecule has 108 valence electrons. The molecule has 1 unspecified atom stereocenters. The van der Waals surface area contributed by atoms with Crippen LogP contribution in [0.25, 0.3) is 0 Å². The van der Waals surface area contributed by atoms with Crippen molar-refractivity contribution in [1.82, 2.24) is 4.90 Å². The molecule has 0 bridgehead atoms. The number of hydrogen-bond donors (Lipinski definition) is 1. The van der Waals surface area contributed by atoms with Gasteiger partial charge in [-0.25, -0.2) is 0 Å². The van der Waals surface area contributed by atoms with E-state index in [4.69, 9.17) is 5.11 Å². The average Bonchev–Trinajstić information content (AvgIpc) is 2.42. The van der Waals surface area contributed by atoms with Gasteiger partial charge in [0, 0.05) is 25.8 Å². The Morgan fingerprint density at radius 2 is 1.74 bits per heavy atom. The highest BCUT2D eigenvalue weighted by molar-refractivity contribution is 5.96. The van der Waals surface area contributed by atoms with E-state index in [0.29, 0.717) is 25.2 Å². The molecule has 19 heavy (non-hydrogen) atoms. The molecule has 0 radical (unpaired) electrons. The van der Waals surface area contributed by atoms with E-state index >= 15 is 0 Å². The van der Waals surface area contributed by atoms with E-state index in [9.17, 15) is 14.4 Å². The Bertz CT molecular complexity index is 333. The van der Waals surface area contributed by atoms with Crippen LogP contribution in [-0.2, 0) is 14.4 Å². The minimum atomic E-state index is -0.875. The number of carbonyl (C=O) groups is 3. The van der Waals surface area contributed by atoms with Crippen LogP contribution in [0.5, 0.6) is 0 Å². The molecular weight excluding hydrogens is 246 g/mol. The van der Waals surface area contributed by atoms with Gasteiger partial charge in [0.15, 0.2) is 0 Å². The number of carboxylic acids is 1. The molecular formula is C14H23NO4. The largest absolute Gasteiger partial charge is 0.481 e. The van der Waals surface area contributed by atoms with Crippen molar-refractivity contribution in [1.29, 1.82) is 0 Å². The molecule has 0 aromatic carbocycles. The summed E-state index contributed by atoms with van der Waals surface area (Å²) < 4.78 is 0. The molecule has 0 aromatic rings. The van der Waals surface area contributed by atoms with Gasteiger partial charge >= 0.3 is 5.97 Å². The summed E-state index contributed by atoms with van der Waals surface area (Å²) in [5.41, 5.74) is 0. The molecule has 1 atom stereocenters. The summed E-state index contributed by atoms with van der Waals surface area (Å²) in [7, 11) is 0. The van der Waals surface area contributed by atoms with E-state index < -0.39 is 5.97 Å². The van der Waals surface area contributed by atoms with Gasteiger partial charge in [0.1, 0.15) is 0 Å². The van der Waals surface area contributed by atoms with E-state index in [2.05, 4.69) is 0 Å². The van der Waals surface area contributed by atoms with Gasteiger partial charge in [-0.3, -0.25) is 19.3 Å². The van der Waals surface area contributed by atoms with Gasteiger partial charge in [-0.1, -0.05) is 13.8 Å². The topological polar surface area (TPSA) is 74.7 Å². The van der Waals surface area contributed by atoms with Crippen molar-refractivity contribution < 1.29 is 19.5 Å². The number of carboxylic acid groups (broad SMARTS) is 1. The monoisotopic (exact) mass is 269 g/mol. The van der Waals surface area contributed by atoms with Gasteiger partial charge < -0.3 is 5.11 Å². The second kappa shape index (κ2) is 7.26. The molecule has 1 aliphatic heterocycles. The van der Waals surface area contributed by atoms with Crippen molar-refractivity contribution in [2.75, 3.05) is 6.54 Å². The first-order valence-corrected chi connectivity index (χ1v) is 6.95. The second-order valence-electron chi connectivity index (χ2n) is 5.70. The Balaban J connectivity index is 2.71. The van der Waals surface area contributed by atoms with Crippen molar-refractivity contribution in [3.63, 3.8) is 0 Å². The van der Waals surface area contributed by atoms with Crippen LogP contribution in [0.2, 0.25) is 0 Å². The summed E-state index contributed by atoms with van der Waals surface area (Å²) in [5.74, 6) is -0.978. The number of likely N-dealkylation sites (tertiary alicyclic amines) is 1. The minimum absolute atomic E-state index is 0.00917. The molecule has 1 N–H and O–H groups in total. The summed E-state index contributed by atoms with van der Waals surface area (Å²) in [5, 5.41) is 8.93. The lowest BCUT2D eigenvalue weighted by molar-refractivity contribution is -0.146. The highest BCUT2D eigenvalue weighted by Gasteiger charge is 2.27. The summed E-state index contributed by atoms with van der Waals surface area (Å²) in [6.07, 6.45) is 3.00. The zero-order valence-corrected chi connectivity index (χ0v) is 11.7. The molecule has 1 aliphatic rings. The van der Waals surface area contributed by atoms with Crippen molar-refractivity contribution in [2.24, 2.45) is 11.8 Å². The van der Waals surface area contributed by atoms with Gasteiger partial charge in [0.2, 0.25) is 11.8 Å². The zero-order chi connectivity index (χ0) is 14.4. The standard InChI is InChI=1S/C14H23NO4/c1-10(2)7-11(8-14(18)19)9-15-12(16)5-3-4-6-13(15)17/h10-11H,3-9H2,1-2H3,(H,18,19). The van der Waals surface area contributed by atoms with E-state index in [0.717, 1.165) is 12.8 Å². The minimum Gasteiger partial charge on any atom is -0.481 e. The molecule has 1 fully saturated rings. The summed E-state index contributed by atoms with van der Waals surface area (Å²) in [6, 6.07) is 0. The highest BCUT2D eigenvalue weighted by Crippen LogP contribution is 2.20. The molecule has 1 saturated heterocycles. The number of imide groups is 1. The molecule has 5 heteroatoms. The van der Waals surface area contributed by atoms with Gasteiger partial charge in [0.05, 0.1) is 0 Å². The normalized spacial score (nSPS) is 18.6. The molecule has 0 aromatic heterocycles. The van der Waals surface area contributed by atoms with Crippen LogP contribution in [0.1, 0.15) is 52.4 Å². The fourth-order valence-corrected chi connectivity index (χ4v) is 2.56. The number of nitrogens with zero attached hydrogens (tertiary/aromatic N) is 1. The first-order valence-electron chi connectivity index (χ1n) is 6.95. The van der Waals surface area contributed by atoms with Crippen LogP contribution >= 0.6 is 0 Å². The van der Waals surface area contributed by atoms with Crippen LogP contribution in [0.4, 0.5) is 0 Å². The summed E-state index contributed by atoms with van der Waals surface area (Å²) in [4.78, 5) is 35.9. The zero-order valence-electron chi connectivity index (χ0n) is 11.7. The van der Waals surface area contributed by atoms with Crippen LogP contribution in [-0.4, -0.2) is 34.3 Å². The SMILES string of the molecule is CC(C)CC(CC(=O)O)CN1C(=O)CCCCC1=O. The number of hydrogen-bond acceptors (Lipinski definition) is 3. The Hall–Kier alpha value is -1.39. The third kappa shape index (κ3) is 5.41. The van der Waals surface area contributed by atoms with Gasteiger partial charge in [0.25, 0.3) is 0 Å². The number of carbonyl (C=O) groups excluding carboxylic acids is 2. The third-order valence-corrected chi connectivity index (χ3v) is 3.34. The lowest BCUT2D eigenvalue weighted by Crippen LogP contribution is -2.39. The second-order valence-corrected chi connectivity index (χ2v) is 5.70. The van der Waals surface area contributed by atoms with Crippen molar-refractivity contribution in [3.05, 3.63) is 0 Å². The molecule has 0 saturated carbocycles. The fraction of sp³-hybridized carbons (Fsp3) is 0.786. The predicted molar refractivity (Wildman–Crippen MR) is 70.4 cm³/mol. The predicted octanol–water partition coefficient (Wildman–Crippen LogP) is 2.05. The Morgan fingerprint density at radius 1 is 1.21 bits per heavy atom. The number of aliphatic carboxylic acids is 1. The Morgan fingerprint density at radius 3 is 2.16 bits per heavy atom. The average molecular weight is 269 g/mol. The molecule has 1 rings (SSSR count). The quantitative estimate of drug-likeness (QED) is 0.749. The van der Waals surface area contributed by atoms with E-state index in [1.807, 2.05) is 13.8 Å².